The van der Waals surface area contributed by atoms with Crippen molar-refractivity contribution in [2.24, 2.45) is 0 Å². The number of hydrogen-bond acceptors (Lipinski definition) is 2. The normalized spacial score (nSPS) is 11.3. The number of aliphatic hydroxyl groups is 1. The molecular formula is C15H19NO2. The molecule has 1 atom stereocenters. The second-order valence-corrected chi connectivity index (χ2v) is 4.33. The van der Waals surface area contributed by atoms with Gasteiger partial charge in [0, 0.05) is 17.2 Å². The predicted octanol–water partition coefficient (Wildman–Crippen LogP) is 1.87. The summed E-state index contributed by atoms with van der Waals surface area (Å²) in [5.41, 5.74) is 2.34. The summed E-state index contributed by atoms with van der Waals surface area (Å²) in [6.07, 6.45) is 0.898. The topological polar surface area (TPSA) is 49.3 Å². The van der Waals surface area contributed by atoms with Gasteiger partial charge in [0.25, 0.3) is 5.91 Å². The highest BCUT2D eigenvalue weighted by atomic mass is 16.2. The third-order valence-electron chi connectivity index (χ3n) is 2.64. The molecule has 1 aromatic rings. The van der Waals surface area contributed by atoms with Gasteiger partial charge in [-0.1, -0.05) is 18.8 Å². The number of aliphatic hydroxyl groups excluding tert-OH is 1. The van der Waals surface area contributed by atoms with Crippen LogP contribution in [0.15, 0.2) is 18.2 Å². The van der Waals surface area contributed by atoms with Crippen molar-refractivity contribution in [2.75, 3.05) is 6.61 Å². The summed E-state index contributed by atoms with van der Waals surface area (Å²) in [6, 6.07) is 5.63. The molecule has 0 bridgehead atoms. The van der Waals surface area contributed by atoms with Crippen LogP contribution < -0.4 is 5.32 Å². The summed E-state index contributed by atoms with van der Waals surface area (Å²) >= 11 is 0. The molecule has 1 amide bonds. The Morgan fingerprint density at radius 2 is 2.17 bits per heavy atom. The van der Waals surface area contributed by atoms with Crippen molar-refractivity contribution in [3.05, 3.63) is 34.9 Å². The average Bonchev–Trinajstić information content (AvgIpc) is 2.35. The maximum atomic E-state index is 12.0. The van der Waals surface area contributed by atoms with Crippen LogP contribution in [0.2, 0.25) is 0 Å². The van der Waals surface area contributed by atoms with Gasteiger partial charge < -0.3 is 10.4 Å². The zero-order chi connectivity index (χ0) is 13.5. The summed E-state index contributed by atoms with van der Waals surface area (Å²) in [5, 5.41) is 11.6. The largest absolute Gasteiger partial charge is 0.384 e. The first-order valence-corrected chi connectivity index (χ1v) is 6.09. The van der Waals surface area contributed by atoms with Gasteiger partial charge in [-0.2, -0.15) is 0 Å². The van der Waals surface area contributed by atoms with E-state index in [2.05, 4.69) is 17.2 Å². The van der Waals surface area contributed by atoms with E-state index < -0.39 is 0 Å². The first kappa shape index (κ1) is 14.3. The summed E-state index contributed by atoms with van der Waals surface area (Å²) in [5.74, 6) is 5.32. The van der Waals surface area contributed by atoms with Gasteiger partial charge >= 0.3 is 0 Å². The number of carbonyl (C=O) groups is 1. The maximum absolute atomic E-state index is 12.0. The number of nitrogens with one attached hydrogen (secondary N) is 1. The van der Waals surface area contributed by atoms with Crippen molar-refractivity contribution in [1.29, 1.82) is 0 Å². The molecule has 96 valence electrons. The molecule has 0 radical (unpaired) electrons. The van der Waals surface area contributed by atoms with Crippen LogP contribution in [0.1, 0.15) is 41.8 Å². The van der Waals surface area contributed by atoms with E-state index >= 15 is 0 Å². The van der Waals surface area contributed by atoms with Gasteiger partial charge in [-0.15, -0.1) is 0 Å². The average molecular weight is 245 g/mol. The van der Waals surface area contributed by atoms with E-state index in [1.165, 1.54) is 0 Å². The zero-order valence-electron chi connectivity index (χ0n) is 11.1. The van der Waals surface area contributed by atoms with E-state index in [-0.39, 0.29) is 18.6 Å². The van der Waals surface area contributed by atoms with Gasteiger partial charge in [-0.3, -0.25) is 4.79 Å². The Kier molecular flexibility index (Phi) is 5.41. The Balaban J connectivity index is 2.95. The summed E-state index contributed by atoms with van der Waals surface area (Å²) in [6.45, 7) is 5.74. The number of amides is 1. The molecule has 0 spiro atoms. The van der Waals surface area contributed by atoms with Gasteiger partial charge in [0.1, 0.15) is 6.61 Å². The predicted molar refractivity (Wildman–Crippen MR) is 72.4 cm³/mol. The number of carbonyl (C=O) groups excluding carboxylic acids is 1. The monoisotopic (exact) mass is 245 g/mol. The highest BCUT2D eigenvalue weighted by molar-refractivity contribution is 5.95. The molecule has 1 rings (SSSR count). The minimum Gasteiger partial charge on any atom is -0.384 e. The van der Waals surface area contributed by atoms with Crippen molar-refractivity contribution >= 4 is 5.91 Å². The van der Waals surface area contributed by atoms with Crippen LogP contribution >= 0.6 is 0 Å². The minimum atomic E-state index is -0.178. The summed E-state index contributed by atoms with van der Waals surface area (Å²) < 4.78 is 0. The van der Waals surface area contributed by atoms with Crippen LogP contribution in [-0.4, -0.2) is 23.7 Å². The van der Waals surface area contributed by atoms with E-state index in [1.807, 2.05) is 32.9 Å². The van der Waals surface area contributed by atoms with Crippen LogP contribution in [0, 0.1) is 18.8 Å². The molecule has 0 aliphatic rings. The van der Waals surface area contributed by atoms with Gasteiger partial charge in [-0.05, 0) is 44.0 Å². The molecular weight excluding hydrogens is 226 g/mol. The van der Waals surface area contributed by atoms with Crippen molar-refractivity contribution in [1.82, 2.24) is 5.32 Å². The molecule has 0 aromatic heterocycles. The van der Waals surface area contributed by atoms with E-state index in [1.54, 1.807) is 6.07 Å². The number of rotatable bonds is 3. The molecule has 0 saturated carbocycles. The van der Waals surface area contributed by atoms with Crippen molar-refractivity contribution in [3.63, 3.8) is 0 Å². The van der Waals surface area contributed by atoms with Crippen molar-refractivity contribution in [3.8, 4) is 11.8 Å². The second-order valence-electron chi connectivity index (χ2n) is 4.33. The lowest BCUT2D eigenvalue weighted by atomic mass is 10.1. The van der Waals surface area contributed by atoms with Gasteiger partial charge in [0.05, 0.1) is 0 Å². The highest BCUT2D eigenvalue weighted by Gasteiger charge is 2.09. The van der Waals surface area contributed by atoms with Crippen LogP contribution in [0.25, 0.3) is 0 Å². The minimum absolute atomic E-state index is 0.0832. The third kappa shape index (κ3) is 4.23. The molecule has 0 heterocycles. The molecule has 0 aliphatic carbocycles. The first-order valence-electron chi connectivity index (χ1n) is 6.09. The molecule has 3 nitrogen and oxygen atoms in total. The first-order chi connectivity index (χ1) is 8.56. The van der Waals surface area contributed by atoms with Gasteiger partial charge in [0.2, 0.25) is 0 Å². The smallest absolute Gasteiger partial charge is 0.251 e. The Morgan fingerprint density at radius 3 is 2.78 bits per heavy atom. The summed E-state index contributed by atoms with van der Waals surface area (Å²) in [4.78, 5) is 12.0. The fourth-order valence-electron chi connectivity index (χ4n) is 1.54. The Labute approximate surface area is 108 Å². The maximum Gasteiger partial charge on any atom is 0.251 e. The Bertz CT molecular complexity index is 483. The quantitative estimate of drug-likeness (QED) is 0.799. The van der Waals surface area contributed by atoms with E-state index in [4.69, 9.17) is 5.11 Å². The molecule has 2 N–H and O–H groups in total. The standard InChI is InChI=1S/C15H19NO2/c1-4-12(3)16-15(18)14-9-11(2)8-13(10-14)6-5-7-17/h8-10,12,17H,4,7H2,1-3H3,(H,16,18). The van der Waals surface area contributed by atoms with Gasteiger partial charge in [0.15, 0.2) is 0 Å². The van der Waals surface area contributed by atoms with Crippen LogP contribution in [0.3, 0.4) is 0 Å². The van der Waals surface area contributed by atoms with E-state index in [0.717, 1.165) is 17.5 Å². The van der Waals surface area contributed by atoms with Crippen molar-refractivity contribution < 1.29 is 9.90 Å². The summed E-state index contributed by atoms with van der Waals surface area (Å²) in [7, 11) is 0. The Hall–Kier alpha value is -1.79. The van der Waals surface area contributed by atoms with E-state index in [0.29, 0.717) is 5.56 Å². The fraction of sp³-hybridized carbons (Fsp3) is 0.400. The number of aryl methyl sites for hydroxylation is 1. The molecule has 3 heteroatoms. The third-order valence-corrected chi connectivity index (χ3v) is 2.64. The lowest BCUT2D eigenvalue weighted by molar-refractivity contribution is 0.0939. The van der Waals surface area contributed by atoms with Gasteiger partial charge in [-0.25, -0.2) is 0 Å². The lowest BCUT2D eigenvalue weighted by Crippen LogP contribution is -2.31. The van der Waals surface area contributed by atoms with Crippen molar-refractivity contribution in [2.45, 2.75) is 33.2 Å². The lowest BCUT2D eigenvalue weighted by Gasteiger charge is -2.12. The fourth-order valence-corrected chi connectivity index (χ4v) is 1.54. The van der Waals surface area contributed by atoms with Crippen LogP contribution in [-0.2, 0) is 0 Å². The second kappa shape index (κ2) is 6.83. The van der Waals surface area contributed by atoms with Crippen LogP contribution in [0.4, 0.5) is 0 Å². The molecule has 1 aromatic carbocycles. The zero-order valence-corrected chi connectivity index (χ0v) is 11.1. The molecule has 0 aliphatic heterocycles. The molecule has 1 unspecified atom stereocenters. The number of hydrogen-bond donors (Lipinski definition) is 2. The molecule has 0 fully saturated rings. The Morgan fingerprint density at radius 1 is 1.44 bits per heavy atom. The SMILES string of the molecule is CCC(C)NC(=O)c1cc(C)cc(C#CCO)c1. The number of benzene rings is 1. The van der Waals surface area contributed by atoms with E-state index in [9.17, 15) is 4.79 Å². The van der Waals surface area contributed by atoms with Crippen LogP contribution in [0.5, 0.6) is 0 Å². The highest BCUT2D eigenvalue weighted by Crippen LogP contribution is 2.09. The molecule has 18 heavy (non-hydrogen) atoms. The molecule has 0 saturated heterocycles.